The molecule has 0 unspecified atom stereocenters. The number of hydrogen-bond acceptors (Lipinski definition) is 2. The third-order valence-electron chi connectivity index (χ3n) is 2.95. The van der Waals surface area contributed by atoms with Crippen LogP contribution in [0.1, 0.15) is 12.8 Å². The minimum atomic E-state index is -0.0828. The third-order valence-corrected chi connectivity index (χ3v) is 2.95. The Morgan fingerprint density at radius 1 is 1.25 bits per heavy atom. The number of hydrogen-bond donors (Lipinski definition) is 3. The van der Waals surface area contributed by atoms with Gasteiger partial charge in [-0.3, -0.25) is 9.79 Å². The molecule has 1 fully saturated rings. The van der Waals surface area contributed by atoms with Crippen molar-refractivity contribution < 1.29 is 4.79 Å². The zero-order valence-electron chi connectivity index (χ0n) is 11.6. The molecular formula is C14H21IN4O. The highest BCUT2D eigenvalue weighted by molar-refractivity contribution is 14.0. The molecule has 1 aromatic rings. The second-order valence-electron chi connectivity index (χ2n) is 4.66. The van der Waals surface area contributed by atoms with Gasteiger partial charge in [0.05, 0.1) is 6.54 Å². The van der Waals surface area contributed by atoms with Crippen molar-refractivity contribution >= 4 is 41.5 Å². The molecule has 0 aromatic heterocycles. The van der Waals surface area contributed by atoms with E-state index in [4.69, 9.17) is 0 Å². The number of benzene rings is 1. The number of carbonyl (C=O) groups excluding carboxylic acids is 1. The van der Waals surface area contributed by atoms with Crippen molar-refractivity contribution in [3.05, 3.63) is 30.3 Å². The van der Waals surface area contributed by atoms with Gasteiger partial charge < -0.3 is 16.0 Å². The fraction of sp³-hybridized carbons (Fsp3) is 0.429. The lowest BCUT2D eigenvalue weighted by atomic mass is 10.3. The average molecular weight is 388 g/mol. The monoisotopic (exact) mass is 388 g/mol. The van der Waals surface area contributed by atoms with Crippen molar-refractivity contribution in [1.82, 2.24) is 10.6 Å². The van der Waals surface area contributed by atoms with Gasteiger partial charge in [-0.05, 0) is 30.9 Å². The summed E-state index contributed by atoms with van der Waals surface area (Å²) in [6.07, 6.45) is 2.58. The second kappa shape index (κ2) is 8.78. The Balaban J connectivity index is 0.00000200. The zero-order chi connectivity index (χ0) is 13.5. The summed E-state index contributed by atoms with van der Waals surface area (Å²) in [6, 6.07) is 9.41. The van der Waals surface area contributed by atoms with E-state index in [-0.39, 0.29) is 36.4 Å². The molecule has 0 aliphatic heterocycles. The quantitative estimate of drug-likeness (QED) is 0.410. The van der Waals surface area contributed by atoms with Gasteiger partial charge in [0.25, 0.3) is 0 Å². The summed E-state index contributed by atoms with van der Waals surface area (Å²) in [5.41, 5.74) is 0.801. The summed E-state index contributed by atoms with van der Waals surface area (Å²) in [7, 11) is 1.71. The molecule has 5 nitrogen and oxygen atoms in total. The molecule has 0 atom stereocenters. The van der Waals surface area contributed by atoms with Crippen molar-refractivity contribution in [2.45, 2.75) is 12.8 Å². The lowest BCUT2D eigenvalue weighted by Crippen LogP contribution is -2.42. The van der Waals surface area contributed by atoms with Gasteiger partial charge in [0.15, 0.2) is 5.96 Å². The lowest BCUT2D eigenvalue weighted by molar-refractivity contribution is -0.115. The van der Waals surface area contributed by atoms with Gasteiger partial charge in [0.2, 0.25) is 5.91 Å². The number of nitrogens with one attached hydrogen (secondary N) is 3. The smallest absolute Gasteiger partial charge is 0.243 e. The summed E-state index contributed by atoms with van der Waals surface area (Å²) in [5.74, 6) is 1.37. The highest BCUT2D eigenvalue weighted by Crippen LogP contribution is 2.27. The fourth-order valence-corrected chi connectivity index (χ4v) is 1.67. The predicted molar refractivity (Wildman–Crippen MR) is 92.6 cm³/mol. The Morgan fingerprint density at radius 2 is 1.95 bits per heavy atom. The van der Waals surface area contributed by atoms with Crippen molar-refractivity contribution in [1.29, 1.82) is 0 Å². The fourth-order valence-electron chi connectivity index (χ4n) is 1.67. The molecule has 20 heavy (non-hydrogen) atoms. The van der Waals surface area contributed by atoms with E-state index in [0.29, 0.717) is 5.96 Å². The van der Waals surface area contributed by atoms with E-state index in [2.05, 4.69) is 20.9 Å². The number of para-hydroxylation sites is 1. The first kappa shape index (κ1) is 16.7. The van der Waals surface area contributed by atoms with Crippen LogP contribution in [0, 0.1) is 5.92 Å². The molecule has 110 valence electrons. The minimum absolute atomic E-state index is 0. The van der Waals surface area contributed by atoms with Crippen LogP contribution in [0.5, 0.6) is 0 Å². The molecule has 1 saturated carbocycles. The van der Waals surface area contributed by atoms with Crippen LogP contribution in [0.2, 0.25) is 0 Å². The van der Waals surface area contributed by atoms with E-state index in [0.717, 1.165) is 18.2 Å². The Morgan fingerprint density at radius 3 is 2.55 bits per heavy atom. The van der Waals surface area contributed by atoms with Crippen LogP contribution in [0.4, 0.5) is 5.69 Å². The molecule has 0 radical (unpaired) electrons. The SMILES string of the molecule is CN=C(NCC(=O)Nc1ccccc1)NCC1CC1.I. The summed E-state index contributed by atoms with van der Waals surface area (Å²) in [5, 5.41) is 9.02. The molecule has 0 saturated heterocycles. The van der Waals surface area contributed by atoms with Crippen molar-refractivity contribution in [3.8, 4) is 0 Å². The van der Waals surface area contributed by atoms with Crippen LogP contribution < -0.4 is 16.0 Å². The Bertz CT molecular complexity index is 446. The molecule has 1 aliphatic rings. The molecule has 0 spiro atoms. The first-order valence-corrected chi connectivity index (χ1v) is 6.57. The Kier molecular flexibility index (Phi) is 7.35. The number of rotatable bonds is 5. The van der Waals surface area contributed by atoms with Crippen LogP contribution in [-0.4, -0.2) is 32.0 Å². The van der Waals surface area contributed by atoms with E-state index < -0.39 is 0 Å². The lowest BCUT2D eigenvalue weighted by Gasteiger charge is -2.11. The number of anilines is 1. The van der Waals surface area contributed by atoms with Gasteiger partial charge in [-0.25, -0.2) is 0 Å². The first-order valence-electron chi connectivity index (χ1n) is 6.57. The number of amides is 1. The normalized spacial score (nSPS) is 14.2. The largest absolute Gasteiger partial charge is 0.356 e. The maximum absolute atomic E-state index is 11.7. The predicted octanol–water partition coefficient (Wildman–Crippen LogP) is 1.82. The van der Waals surface area contributed by atoms with Crippen LogP contribution in [-0.2, 0) is 4.79 Å². The molecule has 3 N–H and O–H groups in total. The number of carbonyl (C=O) groups is 1. The Labute approximate surface area is 136 Å². The van der Waals surface area contributed by atoms with Crippen LogP contribution in [0.25, 0.3) is 0 Å². The maximum Gasteiger partial charge on any atom is 0.243 e. The van der Waals surface area contributed by atoms with Crippen LogP contribution in [0.15, 0.2) is 35.3 Å². The van der Waals surface area contributed by atoms with Crippen molar-refractivity contribution in [2.24, 2.45) is 10.9 Å². The number of halogens is 1. The zero-order valence-corrected chi connectivity index (χ0v) is 13.9. The van der Waals surface area contributed by atoms with E-state index in [1.165, 1.54) is 12.8 Å². The summed E-state index contributed by atoms with van der Waals surface area (Å²) >= 11 is 0. The van der Waals surface area contributed by atoms with Crippen molar-refractivity contribution in [2.75, 3.05) is 25.5 Å². The molecule has 2 rings (SSSR count). The average Bonchev–Trinajstić information content (AvgIpc) is 3.24. The van der Waals surface area contributed by atoms with Crippen LogP contribution >= 0.6 is 24.0 Å². The van der Waals surface area contributed by atoms with Crippen molar-refractivity contribution in [3.63, 3.8) is 0 Å². The Hall–Kier alpha value is -1.31. The topological polar surface area (TPSA) is 65.5 Å². The van der Waals surface area contributed by atoms with Gasteiger partial charge >= 0.3 is 0 Å². The number of guanidine groups is 1. The van der Waals surface area contributed by atoms with Gasteiger partial charge in [0, 0.05) is 19.3 Å². The number of nitrogens with zero attached hydrogens (tertiary/aromatic N) is 1. The summed E-state index contributed by atoms with van der Waals surface area (Å²) in [4.78, 5) is 15.8. The van der Waals surface area contributed by atoms with Gasteiger partial charge in [-0.1, -0.05) is 18.2 Å². The highest BCUT2D eigenvalue weighted by Gasteiger charge is 2.21. The third kappa shape index (κ3) is 6.23. The number of aliphatic imine (C=N–C) groups is 1. The summed E-state index contributed by atoms with van der Waals surface area (Å²) < 4.78 is 0. The summed E-state index contributed by atoms with van der Waals surface area (Å²) in [6.45, 7) is 1.14. The van der Waals surface area contributed by atoms with E-state index >= 15 is 0 Å². The molecule has 1 aromatic carbocycles. The molecule has 0 heterocycles. The second-order valence-corrected chi connectivity index (χ2v) is 4.66. The molecule has 0 bridgehead atoms. The van der Waals surface area contributed by atoms with E-state index in [1.54, 1.807) is 7.05 Å². The molecular weight excluding hydrogens is 367 g/mol. The first-order chi connectivity index (χ1) is 9.28. The van der Waals surface area contributed by atoms with E-state index in [9.17, 15) is 4.79 Å². The van der Waals surface area contributed by atoms with Gasteiger partial charge in [0.1, 0.15) is 0 Å². The van der Waals surface area contributed by atoms with Crippen LogP contribution in [0.3, 0.4) is 0 Å². The van der Waals surface area contributed by atoms with Gasteiger partial charge in [-0.2, -0.15) is 0 Å². The van der Waals surface area contributed by atoms with Gasteiger partial charge in [-0.15, -0.1) is 24.0 Å². The van der Waals surface area contributed by atoms with E-state index in [1.807, 2.05) is 30.3 Å². The molecule has 1 amide bonds. The standard InChI is InChI=1S/C14H20N4O.HI/c1-15-14(16-9-11-7-8-11)17-10-13(19)18-12-5-3-2-4-6-12;/h2-6,11H,7-10H2,1H3,(H,18,19)(H2,15,16,17);1H. The highest BCUT2D eigenvalue weighted by atomic mass is 127. The minimum Gasteiger partial charge on any atom is -0.356 e. The molecule has 6 heteroatoms. The maximum atomic E-state index is 11.7. The molecule has 1 aliphatic carbocycles.